The predicted octanol–water partition coefficient (Wildman–Crippen LogP) is 2.74. The average molecular weight is 261 g/mol. The molecule has 0 unspecified atom stereocenters. The van der Waals surface area contributed by atoms with Gasteiger partial charge in [-0.15, -0.1) is 0 Å². The average Bonchev–Trinajstić information content (AvgIpc) is 2.41. The highest BCUT2D eigenvalue weighted by molar-refractivity contribution is 7.98. The van der Waals surface area contributed by atoms with Crippen LogP contribution in [0.3, 0.4) is 0 Å². The van der Waals surface area contributed by atoms with Crippen molar-refractivity contribution in [2.24, 2.45) is 0 Å². The van der Waals surface area contributed by atoms with Gasteiger partial charge in [0.15, 0.2) is 5.16 Å². The van der Waals surface area contributed by atoms with Crippen LogP contribution in [0.1, 0.15) is 11.1 Å². The minimum Gasteiger partial charge on any atom is -0.391 e. The quantitative estimate of drug-likeness (QED) is 0.654. The molecule has 0 bridgehead atoms. The van der Waals surface area contributed by atoms with Gasteiger partial charge in [-0.05, 0) is 24.8 Å². The number of aryl methyl sites for hydroxylation is 1. The number of nitrogens with zero attached hydrogens (tertiary/aromatic N) is 2. The van der Waals surface area contributed by atoms with Gasteiger partial charge in [0.1, 0.15) is 5.82 Å². The van der Waals surface area contributed by atoms with Crippen molar-refractivity contribution in [1.29, 1.82) is 0 Å². The summed E-state index contributed by atoms with van der Waals surface area (Å²) in [7, 11) is 0. The normalized spacial score (nSPS) is 10.4. The second kappa shape index (κ2) is 5.84. The van der Waals surface area contributed by atoms with Gasteiger partial charge in [0.25, 0.3) is 0 Å². The Kier molecular flexibility index (Phi) is 4.17. The fourth-order valence-electron chi connectivity index (χ4n) is 1.55. The molecule has 94 valence electrons. The van der Waals surface area contributed by atoms with Crippen LogP contribution < -0.4 is 5.32 Å². The maximum atomic E-state index is 9.30. The zero-order valence-corrected chi connectivity index (χ0v) is 11.2. The van der Waals surface area contributed by atoms with Crippen molar-refractivity contribution in [2.45, 2.75) is 18.7 Å². The number of anilines is 2. The SMILES string of the molecule is CSc1ncc(CO)c(Nc2ccccc2C)n1. The van der Waals surface area contributed by atoms with Gasteiger partial charge in [0.05, 0.1) is 6.61 Å². The molecule has 5 heteroatoms. The molecule has 0 fully saturated rings. The zero-order chi connectivity index (χ0) is 13.0. The van der Waals surface area contributed by atoms with Gasteiger partial charge in [-0.3, -0.25) is 0 Å². The van der Waals surface area contributed by atoms with E-state index >= 15 is 0 Å². The Morgan fingerprint density at radius 3 is 2.78 bits per heavy atom. The summed E-state index contributed by atoms with van der Waals surface area (Å²) in [5.41, 5.74) is 2.81. The van der Waals surface area contributed by atoms with Crippen molar-refractivity contribution >= 4 is 23.3 Å². The minimum absolute atomic E-state index is 0.0805. The summed E-state index contributed by atoms with van der Waals surface area (Å²) in [5.74, 6) is 0.658. The third-order valence-electron chi connectivity index (χ3n) is 2.59. The lowest BCUT2D eigenvalue weighted by atomic mass is 10.2. The second-order valence-corrected chi connectivity index (χ2v) is 4.60. The van der Waals surface area contributed by atoms with Crippen molar-refractivity contribution in [1.82, 2.24) is 9.97 Å². The molecule has 2 N–H and O–H groups in total. The number of aromatic nitrogens is 2. The number of hydrogen-bond acceptors (Lipinski definition) is 5. The topological polar surface area (TPSA) is 58.0 Å². The van der Waals surface area contributed by atoms with E-state index in [2.05, 4.69) is 15.3 Å². The number of aliphatic hydroxyl groups is 1. The van der Waals surface area contributed by atoms with Crippen LogP contribution in [0.5, 0.6) is 0 Å². The molecule has 0 radical (unpaired) electrons. The van der Waals surface area contributed by atoms with E-state index < -0.39 is 0 Å². The van der Waals surface area contributed by atoms with Crippen LogP contribution in [0.4, 0.5) is 11.5 Å². The van der Waals surface area contributed by atoms with E-state index in [4.69, 9.17) is 0 Å². The summed E-state index contributed by atoms with van der Waals surface area (Å²) in [4.78, 5) is 8.52. The summed E-state index contributed by atoms with van der Waals surface area (Å²) >= 11 is 1.47. The molecule has 0 amide bonds. The number of hydrogen-bond donors (Lipinski definition) is 2. The highest BCUT2D eigenvalue weighted by atomic mass is 32.2. The molecule has 0 saturated heterocycles. The Morgan fingerprint density at radius 1 is 1.33 bits per heavy atom. The summed E-state index contributed by atoms with van der Waals surface area (Å²) in [6.45, 7) is 1.94. The second-order valence-electron chi connectivity index (χ2n) is 3.83. The van der Waals surface area contributed by atoms with E-state index in [9.17, 15) is 5.11 Å². The lowest BCUT2D eigenvalue weighted by Gasteiger charge is -2.12. The molecule has 2 rings (SSSR count). The fraction of sp³-hybridized carbons (Fsp3) is 0.231. The van der Waals surface area contributed by atoms with Gasteiger partial charge in [0, 0.05) is 17.4 Å². The van der Waals surface area contributed by atoms with Crippen LogP contribution >= 0.6 is 11.8 Å². The van der Waals surface area contributed by atoms with E-state index in [1.54, 1.807) is 6.20 Å². The van der Waals surface area contributed by atoms with Crippen LogP contribution in [0.15, 0.2) is 35.6 Å². The van der Waals surface area contributed by atoms with Gasteiger partial charge in [-0.25, -0.2) is 9.97 Å². The molecule has 0 spiro atoms. The lowest BCUT2D eigenvalue weighted by Crippen LogP contribution is -2.02. The molecule has 4 nitrogen and oxygen atoms in total. The Balaban J connectivity index is 2.35. The van der Waals surface area contributed by atoms with Crippen molar-refractivity contribution in [3.63, 3.8) is 0 Å². The highest BCUT2D eigenvalue weighted by Crippen LogP contribution is 2.23. The summed E-state index contributed by atoms with van der Waals surface area (Å²) in [6.07, 6.45) is 3.57. The summed E-state index contributed by atoms with van der Waals surface area (Å²) < 4.78 is 0. The first-order valence-electron chi connectivity index (χ1n) is 5.58. The first kappa shape index (κ1) is 12.9. The molecule has 1 heterocycles. The number of para-hydroxylation sites is 1. The monoisotopic (exact) mass is 261 g/mol. The largest absolute Gasteiger partial charge is 0.391 e. The zero-order valence-electron chi connectivity index (χ0n) is 10.3. The smallest absolute Gasteiger partial charge is 0.189 e. The maximum Gasteiger partial charge on any atom is 0.189 e. The molecule has 2 aromatic rings. The van der Waals surface area contributed by atoms with Crippen molar-refractivity contribution < 1.29 is 5.11 Å². The highest BCUT2D eigenvalue weighted by Gasteiger charge is 2.07. The van der Waals surface area contributed by atoms with Crippen LogP contribution in [0.25, 0.3) is 0 Å². The molecule has 0 aliphatic heterocycles. The first-order chi connectivity index (χ1) is 8.74. The fourth-order valence-corrected chi connectivity index (χ4v) is 1.89. The summed E-state index contributed by atoms with van der Waals surface area (Å²) in [5, 5.41) is 13.2. The van der Waals surface area contributed by atoms with Crippen molar-refractivity contribution in [3.8, 4) is 0 Å². The molecule has 1 aromatic carbocycles. The molecule has 0 atom stereocenters. The van der Waals surface area contributed by atoms with Gasteiger partial charge in [-0.2, -0.15) is 0 Å². The number of nitrogens with one attached hydrogen (secondary N) is 1. The predicted molar refractivity (Wildman–Crippen MR) is 74.2 cm³/mol. The van der Waals surface area contributed by atoms with Gasteiger partial charge in [0.2, 0.25) is 0 Å². The minimum atomic E-state index is -0.0805. The van der Waals surface area contributed by atoms with Crippen LogP contribution in [-0.4, -0.2) is 21.3 Å². The van der Waals surface area contributed by atoms with Crippen LogP contribution in [-0.2, 0) is 6.61 Å². The maximum absolute atomic E-state index is 9.30. The van der Waals surface area contributed by atoms with E-state index in [1.165, 1.54) is 11.8 Å². The molecule has 0 aliphatic rings. The molecule has 0 aliphatic carbocycles. The standard InChI is InChI=1S/C13H15N3OS/c1-9-5-3-4-6-11(9)15-12-10(8-17)7-14-13(16-12)18-2/h3-7,17H,8H2,1-2H3,(H,14,15,16). The van der Waals surface area contributed by atoms with Crippen molar-refractivity contribution in [2.75, 3.05) is 11.6 Å². The first-order valence-corrected chi connectivity index (χ1v) is 6.80. The lowest BCUT2D eigenvalue weighted by molar-refractivity contribution is 0.281. The Bertz CT molecular complexity index is 546. The summed E-state index contributed by atoms with van der Waals surface area (Å²) in [6, 6.07) is 7.96. The van der Waals surface area contributed by atoms with Gasteiger partial charge >= 0.3 is 0 Å². The Morgan fingerprint density at radius 2 is 2.11 bits per heavy atom. The van der Waals surface area contributed by atoms with Crippen molar-refractivity contribution in [3.05, 3.63) is 41.6 Å². The van der Waals surface area contributed by atoms with Gasteiger partial charge in [-0.1, -0.05) is 30.0 Å². The third kappa shape index (κ3) is 2.80. The molecule has 0 saturated carbocycles. The number of rotatable bonds is 4. The number of benzene rings is 1. The van der Waals surface area contributed by atoms with Crippen LogP contribution in [0.2, 0.25) is 0 Å². The Hall–Kier alpha value is -1.59. The molecular formula is C13H15N3OS. The number of aliphatic hydroxyl groups excluding tert-OH is 1. The molecular weight excluding hydrogens is 246 g/mol. The third-order valence-corrected chi connectivity index (χ3v) is 3.16. The van der Waals surface area contributed by atoms with Crippen LogP contribution in [0, 0.1) is 6.92 Å². The number of thioether (sulfide) groups is 1. The molecule has 18 heavy (non-hydrogen) atoms. The van der Waals surface area contributed by atoms with E-state index in [-0.39, 0.29) is 6.61 Å². The Labute approximate surface area is 110 Å². The van der Waals surface area contributed by atoms with E-state index in [1.807, 2.05) is 37.4 Å². The van der Waals surface area contributed by atoms with Gasteiger partial charge < -0.3 is 10.4 Å². The van der Waals surface area contributed by atoms with E-state index in [0.29, 0.717) is 16.5 Å². The molecule has 1 aromatic heterocycles. The van der Waals surface area contributed by atoms with E-state index in [0.717, 1.165) is 11.3 Å².